The van der Waals surface area contributed by atoms with Gasteiger partial charge in [0.1, 0.15) is 0 Å². The molecular weight excluding hydrogens is 202 g/mol. The molecule has 82 valence electrons. The van der Waals surface area contributed by atoms with Crippen LogP contribution in [0.2, 0.25) is 0 Å². The topological polar surface area (TPSA) is 50.2 Å². The van der Waals surface area contributed by atoms with E-state index in [0.717, 1.165) is 10.9 Å². The molecule has 1 aromatic carbocycles. The van der Waals surface area contributed by atoms with Crippen LogP contribution in [0.15, 0.2) is 30.3 Å². The third-order valence-corrected chi connectivity index (χ3v) is 2.53. The summed E-state index contributed by atoms with van der Waals surface area (Å²) < 4.78 is 0. The second-order valence-electron chi connectivity index (χ2n) is 4.07. The highest BCUT2D eigenvalue weighted by atomic mass is 16.4. The minimum atomic E-state index is -0.915. The molecule has 1 aromatic heterocycles. The number of benzene rings is 1. The number of carboxylic acids is 1. The van der Waals surface area contributed by atoms with E-state index in [-0.39, 0.29) is 5.92 Å². The average molecular weight is 215 g/mol. The maximum atomic E-state index is 11.1. The Kier molecular flexibility index (Phi) is 2.60. The predicted octanol–water partition coefficient (Wildman–Crippen LogP) is 3.06. The minimum Gasteiger partial charge on any atom is -0.478 e. The van der Waals surface area contributed by atoms with Crippen molar-refractivity contribution in [1.29, 1.82) is 0 Å². The number of nitrogens with zero attached hydrogens (tertiary/aromatic N) is 1. The number of pyridine rings is 1. The van der Waals surface area contributed by atoms with E-state index in [1.165, 1.54) is 0 Å². The fraction of sp³-hybridized carbons (Fsp3) is 0.231. The summed E-state index contributed by atoms with van der Waals surface area (Å²) in [6.07, 6.45) is 0. The summed E-state index contributed by atoms with van der Waals surface area (Å²) >= 11 is 0. The average Bonchev–Trinajstić information content (AvgIpc) is 2.27. The maximum Gasteiger partial charge on any atom is 0.337 e. The zero-order valence-electron chi connectivity index (χ0n) is 9.27. The van der Waals surface area contributed by atoms with Crippen LogP contribution in [0.3, 0.4) is 0 Å². The minimum absolute atomic E-state index is 0.107. The van der Waals surface area contributed by atoms with Crippen LogP contribution in [-0.4, -0.2) is 16.1 Å². The van der Waals surface area contributed by atoms with E-state index in [4.69, 9.17) is 5.11 Å². The van der Waals surface area contributed by atoms with Gasteiger partial charge in [0.05, 0.1) is 16.8 Å². The standard InChI is InChI=1S/C13H13NO2/c1-8(2)12-10(13(15)16)7-9-5-3-4-6-11(9)14-12/h3-8H,1-2H3,(H,15,16). The van der Waals surface area contributed by atoms with E-state index in [0.29, 0.717) is 11.3 Å². The van der Waals surface area contributed by atoms with Crippen LogP contribution in [0, 0.1) is 0 Å². The number of hydrogen-bond donors (Lipinski definition) is 1. The molecule has 0 unspecified atom stereocenters. The zero-order chi connectivity index (χ0) is 11.7. The van der Waals surface area contributed by atoms with Gasteiger partial charge in [0, 0.05) is 5.39 Å². The molecule has 0 amide bonds. The van der Waals surface area contributed by atoms with E-state index >= 15 is 0 Å². The molecule has 3 nitrogen and oxygen atoms in total. The van der Waals surface area contributed by atoms with Crippen LogP contribution in [0.4, 0.5) is 0 Å². The molecule has 0 aliphatic heterocycles. The van der Waals surface area contributed by atoms with Gasteiger partial charge in [-0.25, -0.2) is 4.79 Å². The number of para-hydroxylation sites is 1. The van der Waals surface area contributed by atoms with Gasteiger partial charge in [0.2, 0.25) is 0 Å². The SMILES string of the molecule is CC(C)c1nc2ccccc2cc1C(=O)O. The molecule has 0 aliphatic carbocycles. The van der Waals surface area contributed by atoms with Gasteiger partial charge in [0.25, 0.3) is 0 Å². The summed E-state index contributed by atoms with van der Waals surface area (Å²) in [7, 11) is 0. The first-order chi connectivity index (χ1) is 7.59. The molecule has 0 radical (unpaired) electrons. The molecule has 0 saturated heterocycles. The molecule has 3 heteroatoms. The number of hydrogen-bond acceptors (Lipinski definition) is 2. The molecule has 16 heavy (non-hydrogen) atoms. The quantitative estimate of drug-likeness (QED) is 0.837. The summed E-state index contributed by atoms with van der Waals surface area (Å²) in [5.41, 5.74) is 1.79. The van der Waals surface area contributed by atoms with Crippen molar-refractivity contribution in [2.24, 2.45) is 0 Å². The van der Waals surface area contributed by atoms with Gasteiger partial charge in [-0.3, -0.25) is 4.98 Å². The Bertz CT molecular complexity index is 547. The van der Waals surface area contributed by atoms with E-state index < -0.39 is 5.97 Å². The van der Waals surface area contributed by atoms with Crippen molar-refractivity contribution in [3.8, 4) is 0 Å². The Morgan fingerprint density at radius 1 is 1.31 bits per heavy atom. The Balaban J connectivity index is 2.76. The Labute approximate surface area is 93.7 Å². The molecule has 2 aromatic rings. The Morgan fingerprint density at radius 2 is 2.00 bits per heavy atom. The van der Waals surface area contributed by atoms with E-state index in [1.54, 1.807) is 6.07 Å². The van der Waals surface area contributed by atoms with Crippen molar-refractivity contribution in [1.82, 2.24) is 4.98 Å². The van der Waals surface area contributed by atoms with Crippen molar-refractivity contribution in [2.45, 2.75) is 19.8 Å². The highest BCUT2D eigenvalue weighted by Crippen LogP contribution is 2.22. The largest absolute Gasteiger partial charge is 0.478 e. The first-order valence-electron chi connectivity index (χ1n) is 5.22. The van der Waals surface area contributed by atoms with Crippen LogP contribution in [-0.2, 0) is 0 Å². The lowest BCUT2D eigenvalue weighted by Gasteiger charge is -2.10. The number of rotatable bonds is 2. The summed E-state index contributed by atoms with van der Waals surface area (Å²) in [5, 5.41) is 10.00. The van der Waals surface area contributed by atoms with Crippen LogP contribution in [0.1, 0.15) is 35.8 Å². The van der Waals surface area contributed by atoms with Crippen LogP contribution < -0.4 is 0 Å². The molecule has 0 fully saturated rings. The molecule has 0 bridgehead atoms. The normalized spacial score (nSPS) is 10.9. The molecule has 0 spiro atoms. The lowest BCUT2D eigenvalue weighted by molar-refractivity contribution is 0.0695. The van der Waals surface area contributed by atoms with Crippen LogP contribution >= 0.6 is 0 Å². The summed E-state index contributed by atoms with van der Waals surface area (Å²) in [6.45, 7) is 3.90. The Hall–Kier alpha value is -1.90. The molecule has 1 N–H and O–H groups in total. The number of aromatic carboxylic acids is 1. The number of fused-ring (bicyclic) bond motifs is 1. The van der Waals surface area contributed by atoms with Crippen LogP contribution in [0.25, 0.3) is 10.9 Å². The zero-order valence-corrected chi connectivity index (χ0v) is 9.27. The van der Waals surface area contributed by atoms with Gasteiger partial charge >= 0.3 is 5.97 Å². The van der Waals surface area contributed by atoms with Gasteiger partial charge in [-0.15, -0.1) is 0 Å². The highest BCUT2D eigenvalue weighted by Gasteiger charge is 2.15. The van der Waals surface area contributed by atoms with Gasteiger partial charge < -0.3 is 5.11 Å². The Morgan fingerprint density at radius 3 is 2.62 bits per heavy atom. The van der Waals surface area contributed by atoms with E-state index in [1.807, 2.05) is 38.1 Å². The first kappa shape index (κ1) is 10.6. The van der Waals surface area contributed by atoms with Crippen molar-refractivity contribution in [3.05, 3.63) is 41.6 Å². The molecule has 0 saturated carbocycles. The van der Waals surface area contributed by atoms with E-state index in [2.05, 4.69) is 4.98 Å². The van der Waals surface area contributed by atoms with Crippen LogP contribution in [0.5, 0.6) is 0 Å². The molecule has 2 rings (SSSR count). The van der Waals surface area contributed by atoms with E-state index in [9.17, 15) is 4.79 Å². The number of aromatic nitrogens is 1. The monoisotopic (exact) mass is 215 g/mol. The first-order valence-corrected chi connectivity index (χ1v) is 5.22. The van der Waals surface area contributed by atoms with Crippen molar-refractivity contribution in [3.63, 3.8) is 0 Å². The van der Waals surface area contributed by atoms with Gasteiger partial charge in [-0.2, -0.15) is 0 Å². The van der Waals surface area contributed by atoms with Crippen molar-refractivity contribution >= 4 is 16.9 Å². The fourth-order valence-electron chi connectivity index (χ4n) is 1.74. The van der Waals surface area contributed by atoms with Crippen molar-refractivity contribution in [2.75, 3.05) is 0 Å². The lowest BCUT2D eigenvalue weighted by Crippen LogP contribution is -2.06. The lowest BCUT2D eigenvalue weighted by atomic mass is 10.0. The maximum absolute atomic E-state index is 11.1. The van der Waals surface area contributed by atoms with Gasteiger partial charge in [0.15, 0.2) is 0 Å². The predicted molar refractivity (Wildman–Crippen MR) is 62.8 cm³/mol. The van der Waals surface area contributed by atoms with Gasteiger partial charge in [-0.1, -0.05) is 32.0 Å². The number of carboxylic acid groups (broad SMARTS) is 1. The molecule has 0 aliphatic rings. The third-order valence-electron chi connectivity index (χ3n) is 2.53. The van der Waals surface area contributed by atoms with Crippen molar-refractivity contribution < 1.29 is 9.90 Å². The summed E-state index contributed by atoms with van der Waals surface area (Å²) in [6, 6.07) is 9.25. The second kappa shape index (κ2) is 3.93. The third kappa shape index (κ3) is 1.76. The fourth-order valence-corrected chi connectivity index (χ4v) is 1.74. The second-order valence-corrected chi connectivity index (χ2v) is 4.07. The summed E-state index contributed by atoms with van der Waals surface area (Å²) in [4.78, 5) is 15.5. The molecule has 0 atom stereocenters. The number of carbonyl (C=O) groups is 1. The highest BCUT2D eigenvalue weighted by molar-refractivity contribution is 5.94. The molecule has 1 heterocycles. The smallest absolute Gasteiger partial charge is 0.337 e. The molecular formula is C13H13NO2. The summed E-state index contributed by atoms with van der Waals surface area (Å²) in [5.74, 6) is -0.808. The van der Waals surface area contributed by atoms with Gasteiger partial charge in [-0.05, 0) is 18.1 Å².